The van der Waals surface area contributed by atoms with Gasteiger partial charge in [0, 0.05) is 12.2 Å². The number of hydrogen-bond acceptors (Lipinski definition) is 4. The van der Waals surface area contributed by atoms with Crippen molar-refractivity contribution in [2.75, 3.05) is 10.6 Å². The summed E-state index contributed by atoms with van der Waals surface area (Å²) in [6.45, 7) is 0.0811. The van der Waals surface area contributed by atoms with Crippen molar-refractivity contribution in [3.8, 4) is 0 Å². The van der Waals surface area contributed by atoms with Gasteiger partial charge in [0.25, 0.3) is 10.9 Å². The van der Waals surface area contributed by atoms with Crippen molar-refractivity contribution in [2.45, 2.75) is 18.9 Å². The van der Waals surface area contributed by atoms with Crippen molar-refractivity contribution in [1.82, 2.24) is 0 Å². The molecule has 0 saturated carbocycles. The van der Waals surface area contributed by atoms with Gasteiger partial charge in [0.15, 0.2) is 0 Å². The van der Waals surface area contributed by atoms with E-state index >= 15 is 0 Å². The monoisotopic (exact) mass is 514 g/mol. The van der Waals surface area contributed by atoms with Crippen LogP contribution in [0.4, 0.5) is 43.4 Å². The van der Waals surface area contributed by atoms with E-state index in [9.17, 15) is 35.9 Å². The number of anilines is 3. The molecule has 0 amide bonds. The summed E-state index contributed by atoms with van der Waals surface area (Å²) in [5.74, 6) is 0. The van der Waals surface area contributed by atoms with E-state index in [1.165, 1.54) is 0 Å². The molecule has 0 unspecified atom stereocenters. The van der Waals surface area contributed by atoms with Crippen molar-refractivity contribution >= 4 is 38.6 Å². The molecule has 0 spiro atoms. The highest BCUT2D eigenvalue weighted by molar-refractivity contribution is 6.02. The Morgan fingerprint density at radius 1 is 0.622 bits per heavy atom. The lowest BCUT2D eigenvalue weighted by molar-refractivity contribution is -0.143. The second kappa shape index (κ2) is 8.65. The number of nitrogens with one attached hydrogen (secondary N) is 2. The summed E-state index contributed by atoms with van der Waals surface area (Å²) in [6, 6.07) is 17.9. The van der Waals surface area contributed by atoms with Crippen LogP contribution >= 0.6 is 0 Å². The summed E-state index contributed by atoms with van der Waals surface area (Å²) in [6.07, 6.45) is -10.1. The molecular formula is C27H16F6N2O2. The topological polar surface area (TPSA) is 58.2 Å². The molecule has 0 aliphatic carbocycles. The quantitative estimate of drug-likeness (QED) is 0.151. The van der Waals surface area contributed by atoms with Crippen LogP contribution in [0.25, 0.3) is 21.5 Å². The molecule has 0 fully saturated rings. The summed E-state index contributed by atoms with van der Waals surface area (Å²) in [7, 11) is 0. The number of hydrogen-bond donors (Lipinski definition) is 2. The Morgan fingerprint density at radius 2 is 1.11 bits per heavy atom. The normalized spacial score (nSPS) is 12.4. The molecule has 5 rings (SSSR count). The zero-order valence-electron chi connectivity index (χ0n) is 18.7. The van der Waals surface area contributed by atoms with E-state index < -0.39 is 45.7 Å². The fraction of sp³-hybridized carbons (Fsp3) is 0.111. The smallest absolute Gasteiger partial charge is 0.376 e. The van der Waals surface area contributed by atoms with Crippen molar-refractivity contribution in [3.63, 3.8) is 0 Å². The van der Waals surface area contributed by atoms with Gasteiger partial charge in [0.1, 0.15) is 11.4 Å². The van der Waals surface area contributed by atoms with Crippen LogP contribution < -0.4 is 21.5 Å². The third-order valence-electron chi connectivity index (χ3n) is 6.09. The van der Waals surface area contributed by atoms with Gasteiger partial charge in [-0.2, -0.15) is 26.3 Å². The molecule has 4 nitrogen and oxygen atoms in total. The fourth-order valence-electron chi connectivity index (χ4n) is 4.33. The van der Waals surface area contributed by atoms with Gasteiger partial charge in [0.2, 0.25) is 0 Å². The van der Waals surface area contributed by atoms with Gasteiger partial charge in [-0.25, -0.2) is 0 Å². The lowest BCUT2D eigenvalue weighted by Crippen LogP contribution is -2.36. The standard InChI is InChI=1S/C27H16F6N2O2/c28-26(29,30)16-10-17(27(31,32)33)12-18(11-16)35-23-22(24(36)25(23)37)34-13-21-19-7-3-1-5-14(19)9-15-6-2-4-8-20(15)21/h1-12,34-35H,13H2. The molecule has 0 aromatic heterocycles. The van der Waals surface area contributed by atoms with Crippen molar-refractivity contribution in [1.29, 1.82) is 0 Å². The average molecular weight is 514 g/mol. The first-order chi connectivity index (χ1) is 17.4. The molecule has 0 bridgehead atoms. The third kappa shape index (κ3) is 4.50. The highest BCUT2D eigenvalue weighted by atomic mass is 19.4. The molecule has 0 radical (unpaired) electrons. The predicted molar refractivity (Wildman–Crippen MR) is 130 cm³/mol. The van der Waals surface area contributed by atoms with E-state index in [2.05, 4.69) is 10.6 Å². The van der Waals surface area contributed by atoms with Gasteiger partial charge < -0.3 is 10.6 Å². The van der Waals surface area contributed by atoms with Gasteiger partial charge in [-0.3, -0.25) is 9.59 Å². The first-order valence-corrected chi connectivity index (χ1v) is 11.0. The Labute approximate surface area is 204 Å². The SMILES string of the molecule is O=c1c(NCc2c3ccccc3cc3ccccc23)c(Nc2cc(C(F)(F)F)cc(C(F)(F)F)c2)c1=O. The third-order valence-corrected chi connectivity index (χ3v) is 6.09. The Morgan fingerprint density at radius 3 is 1.62 bits per heavy atom. The Balaban J connectivity index is 1.51. The average Bonchev–Trinajstić information content (AvgIpc) is 2.86. The van der Waals surface area contributed by atoms with Gasteiger partial charge in [-0.15, -0.1) is 0 Å². The van der Waals surface area contributed by atoms with Crippen LogP contribution in [0.1, 0.15) is 16.7 Å². The van der Waals surface area contributed by atoms with E-state index in [1.54, 1.807) is 0 Å². The molecule has 0 saturated heterocycles. The van der Waals surface area contributed by atoms with Crippen LogP contribution in [0.15, 0.2) is 82.4 Å². The summed E-state index contributed by atoms with van der Waals surface area (Å²) >= 11 is 0. The first-order valence-electron chi connectivity index (χ1n) is 11.0. The van der Waals surface area contributed by atoms with Crippen LogP contribution in [-0.2, 0) is 18.9 Å². The summed E-state index contributed by atoms with van der Waals surface area (Å²) in [5.41, 5.74) is -5.47. The minimum atomic E-state index is -5.05. The maximum atomic E-state index is 13.2. The molecule has 188 valence electrons. The van der Waals surface area contributed by atoms with E-state index in [1.807, 2.05) is 54.6 Å². The maximum absolute atomic E-state index is 13.2. The van der Waals surface area contributed by atoms with E-state index in [4.69, 9.17) is 0 Å². The van der Waals surface area contributed by atoms with Crippen LogP contribution in [0, 0.1) is 0 Å². The largest absolute Gasteiger partial charge is 0.416 e. The number of benzene rings is 4. The van der Waals surface area contributed by atoms with Crippen LogP contribution in [0.5, 0.6) is 0 Å². The van der Waals surface area contributed by atoms with Crippen molar-refractivity contribution in [2.24, 2.45) is 0 Å². The Hall–Kier alpha value is -4.34. The molecule has 2 N–H and O–H groups in total. The van der Waals surface area contributed by atoms with Crippen LogP contribution in [0.2, 0.25) is 0 Å². The number of halogens is 6. The van der Waals surface area contributed by atoms with Crippen LogP contribution in [-0.4, -0.2) is 0 Å². The van der Waals surface area contributed by atoms with Gasteiger partial charge in [-0.05, 0) is 51.4 Å². The Kier molecular flexibility index (Phi) is 5.69. The maximum Gasteiger partial charge on any atom is 0.416 e. The summed E-state index contributed by atoms with van der Waals surface area (Å²) < 4.78 is 79.2. The highest BCUT2D eigenvalue weighted by Crippen LogP contribution is 2.38. The molecular weight excluding hydrogens is 498 g/mol. The molecule has 0 aliphatic heterocycles. The van der Waals surface area contributed by atoms with Gasteiger partial charge in [-0.1, -0.05) is 48.5 Å². The second-order valence-electron chi connectivity index (χ2n) is 8.48. The number of fused-ring (bicyclic) bond motifs is 2. The summed E-state index contributed by atoms with van der Waals surface area (Å²) in [4.78, 5) is 24.5. The second-order valence-corrected chi connectivity index (χ2v) is 8.48. The lowest BCUT2D eigenvalue weighted by atomic mass is 9.96. The van der Waals surface area contributed by atoms with Crippen molar-refractivity contribution in [3.05, 3.63) is 110 Å². The fourth-order valence-corrected chi connectivity index (χ4v) is 4.33. The highest BCUT2D eigenvalue weighted by Gasteiger charge is 2.37. The molecule has 5 aromatic rings. The Bertz CT molecular complexity index is 1640. The molecule has 10 heteroatoms. The predicted octanol–water partition coefficient (Wildman–Crippen LogP) is 6.98. The lowest BCUT2D eigenvalue weighted by Gasteiger charge is -2.19. The minimum absolute atomic E-state index is 0.0158. The van der Waals surface area contributed by atoms with Gasteiger partial charge in [0.05, 0.1) is 11.1 Å². The van der Waals surface area contributed by atoms with E-state index in [0.29, 0.717) is 12.1 Å². The van der Waals surface area contributed by atoms with Crippen LogP contribution in [0.3, 0.4) is 0 Å². The van der Waals surface area contributed by atoms with E-state index in [0.717, 1.165) is 27.1 Å². The zero-order valence-corrected chi connectivity index (χ0v) is 18.7. The van der Waals surface area contributed by atoms with Crippen molar-refractivity contribution < 1.29 is 26.3 Å². The number of rotatable bonds is 5. The molecule has 37 heavy (non-hydrogen) atoms. The minimum Gasteiger partial charge on any atom is -0.376 e. The zero-order chi connectivity index (χ0) is 26.5. The molecule has 0 atom stereocenters. The van der Waals surface area contributed by atoms with E-state index in [-0.39, 0.29) is 18.3 Å². The number of alkyl halides is 6. The molecule has 5 aromatic carbocycles. The molecule has 0 heterocycles. The van der Waals surface area contributed by atoms with Gasteiger partial charge >= 0.3 is 12.4 Å². The summed E-state index contributed by atoms with van der Waals surface area (Å²) in [5, 5.41) is 8.79. The molecule has 0 aliphatic rings. The first kappa shape index (κ1) is 24.4.